The fourth-order valence-electron chi connectivity index (χ4n) is 1.90. The number of amides is 1. The highest BCUT2D eigenvalue weighted by Gasteiger charge is 2.19. The Kier molecular flexibility index (Phi) is 5.11. The van der Waals surface area contributed by atoms with Crippen molar-refractivity contribution in [3.8, 4) is 11.7 Å². The maximum atomic E-state index is 12.3. The van der Waals surface area contributed by atoms with E-state index in [0.717, 1.165) is 0 Å². The summed E-state index contributed by atoms with van der Waals surface area (Å²) in [6, 6.07) is 6.42. The molecular formula is C15H12Cl2N6O2. The lowest BCUT2D eigenvalue weighted by Crippen LogP contribution is -2.31. The molecule has 0 saturated heterocycles. The van der Waals surface area contributed by atoms with Crippen LogP contribution in [0, 0.1) is 0 Å². The first-order chi connectivity index (χ1) is 12.0. The summed E-state index contributed by atoms with van der Waals surface area (Å²) in [5, 5.41) is 7.40. The summed E-state index contributed by atoms with van der Waals surface area (Å²) < 4.78 is 6.87. The van der Waals surface area contributed by atoms with Gasteiger partial charge in [0.25, 0.3) is 11.9 Å². The molecule has 1 atom stereocenters. The Morgan fingerprint density at radius 2 is 2.00 bits per heavy atom. The average molecular weight is 379 g/mol. The second kappa shape index (κ2) is 7.45. The molecule has 0 aliphatic carbocycles. The number of halogens is 2. The molecule has 3 aromatic rings. The highest BCUT2D eigenvalue weighted by atomic mass is 35.5. The molecule has 0 spiro atoms. The number of hydrogen-bond donors (Lipinski definition) is 1. The first kappa shape index (κ1) is 17.1. The molecule has 10 heteroatoms. The Bertz CT molecular complexity index is 887. The van der Waals surface area contributed by atoms with E-state index in [1.807, 2.05) is 0 Å². The van der Waals surface area contributed by atoms with Crippen molar-refractivity contribution in [3.63, 3.8) is 0 Å². The zero-order chi connectivity index (χ0) is 17.8. The lowest BCUT2D eigenvalue weighted by molar-refractivity contribution is -0.122. The topological polar surface area (TPSA) is 94.8 Å². The van der Waals surface area contributed by atoms with Crippen molar-refractivity contribution in [1.82, 2.24) is 24.7 Å². The van der Waals surface area contributed by atoms with E-state index in [2.05, 4.69) is 25.4 Å². The van der Waals surface area contributed by atoms with Gasteiger partial charge in [0, 0.05) is 17.4 Å². The smallest absolute Gasteiger partial charge is 0.267 e. The number of carbonyl (C=O) groups is 1. The number of rotatable bonds is 5. The number of carbonyl (C=O) groups excluding carboxylic acids is 1. The monoisotopic (exact) mass is 378 g/mol. The molecule has 1 aromatic carbocycles. The van der Waals surface area contributed by atoms with Crippen LogP contribution in [0.25, 0.3) is 5.95 Å². The van der Waals surface area contributed by atoms with Crippen LogP contribution in [0.5, 0.6) is 5.75 Å². The number of aromatic nitrogens is 5. The highest BCUT2D eigenvalue weighted by Crippen LogP contribution is 2.28. The summed E-state index contributed by atoms with van der Waals surface area (Å²) in [6.07, 6.45) is 3.57. The van der Waals surface area contributed by atoms with Crippen LogP contribution in [-0.2, 0) is 4.79 Å². The molecule has 1 N–H and O–H groups in total. The molecular weight excluding hydrogens is 367 g/mol. The summed E-state index contributed by atoms with van der Waals surface area (Å²) in [5.41, 5.74) is 0. The van der Waals surface area contributed by atoms with Crippen molar-refractivity contribution >= 4 is 35.1 Å². The molecule has 0 radical (unpaired) electrons. The molecule has 0 aliphatic heterocycles. The van der Waals surface area contributed by atoms with Gasteiger partial charge in [0.1, 0.15) is 12.1 Å². The van der Waals surface area contributed by atoms with Crippen molar-refractivity contribution in [2.75, 3.05) is 5.32 Å². The van der Waals surface area contributed by atoms with Crippen LogP contribution in [0.15, 0.2) is 43.0 Å². The van der Waals surface area contributed by atoms with Crippen LogP contribution in [-0.4, -0.2) is 36.7 Å². The van der Waals surface area contributed by atoms with Crippen LogP contribution in [0.1, 0.15) is 6.92 Å². The minimum absolute atomic E-state index is 0.175. The van der Waals surface area contributed by atoms with Gasteiger partial charge in [-0.05, 0) is 31.2 Å². The number of hydrogen-bond acceptors (Lipinski definition) is 6. The maximum Gasteiger partial charge on any atom is 0.267 e. The molecule has 0 saturated carbocycles. The standard InChI is InChI=1S/C15H12Cl2N6O2/c1-9(25-12-4-3-10(16)7-11(12)17)13(24)22-15-20-8-21-23(15)14-18-5-2-6-19-14/h2-9H,1H3,(H,20,21,22,24). The Hall–Kier alpha value is -2.71. The predicted molar refractivity (Wildman–Crippen MR) is 92.1 cm³/mol. The van der Waals surface area contributed by atoms with Gasteiger partial charge >= 0.3 is 0 Å². The Morgan fingerprint density at radius 3 is 2.72 bits per heavy atom. The van der Waals surface area contributed by atoms with Crippen molar-refractivity contribution < 1.29 is 9.53 Å². The Balaban J connectivity index is 1.71. The van der Waals surface area contributed by atoms with Crippen LogP contribution < -0.4 is 10.1 Å². The summed E-state index contributed by atoms with van der Waals surface area (Å²) in [7, 11) is 0. The van der Waals surface area contributed by atoms with E-state index in [9.17, 15) is 4.79 Å². The molecule has 0 fully saturated rings. The van der Waals surface area contributed by atoms with Gasteiger partial charge in [0.05, 0.1) is 5.02 Å². The summed E-state index contributed by atoms with van der Waals surface area (Å²) in [4.78, 5) is 24.5. The fourth-order valence-corrected chi connectivity index (χ4v) is 2.35. The van der Waals surface area contributed by atoms with E-state index in [0.29, 0.717) is 15.8 Å². The second-order valence-corrected chi connectivity index (χ2v) is 5.71. The molecule has 3 rings (SSSR count). The third kappa shape index (κ3) is 4.04. The minimum Gasteiger partial charge on any atom is -0.479 e. The molecule has 8 nitrogen and oxygen atoms in total. The summed E-state index contributed by atoms with van der Waals surface area (Å²) >= 11 is 11.9. The lowest BCUT2D eigenvalue weighted by atomic mass is 10.3. The van der Waals surface area contributed by atoms with E-state index in [4.69, 9.17) is 27.9 Å². The quantitative estimate of drug-likeness (QED) is 0.733. The van der Waals surface area contributed by atoms with Crippen LogP contribution in [0.3, 0.4) is 0 Å². The number of ether oxygens (including phenoxy) is 1. The Labute approximate surface area is 152 Å². The van der Waals surface area contributed by atoms with Crippen molar-refractivity contribution in [3.05, 3.63) is 53.0 Å². The van der Waals surface area contributed by atoms with Gasteiger partial charge in [-0.25, -0.2) is 9.97 Å². The Morgan fingerprint density at radius 1 is 1.24 bits per heavy atom. The van der Waals surface area contributed by atoms with Gasteiger partial charge in [0.15, 0.2) is 6.10 Å². The third-order valence-electron chi connectivity index (χ3n) is 3.09. The van der Waals surface area contributed by atoms with E-state index in [1.54, 1.807) is 37.5 Å². The predicted octanol–water partition coefficient (Wildman–Crippen LogP) is 2.77. The zero-order valence-electron chi connectivity index (χ0n) is 12.9. The van der Waals surface area contributed by atoms with Crippen LogP contribution in [0.4, 0.5) is 5.95 Å². The molecule has 25 heavy (non-hydrogen) atoms. The molecule has 128 valence electrons. The van der Waals surface area contributed by atoms with Gasteiger partial charge in [0.2, 0.25) is 5.95 Å². The van der Waals surface area contributed by atoms with E-state index in [-0.39, 0.29) is 11.9 Å². The summed E-state index contributed by atoms with van der Waals surface area (Å²) in [5.74, 6) is 0.372. The lowest BCUT2D eigenvalue weighted by Gasteiger charge is -2.15. The number of benzene rings is 1. The maximum absolute atomic E-state index is 12.3. The summed E-state index contributed by atoms with van der Waals surface area (Å²) in [6.45, 7) is 1.58. The van der Waals surface area contributed by atoms with Gasteiger partial charge in [-0.2, -0.15) is 14.8 Å². The second-order valence-electron chi connectivity index (χ2n) is 4.87. The molecule has 2 heterocycles. The van der Waals surface area contributed by atoms with Crippen LogP contribution in [0.2, 0.25) is 10.0 Å². The first-order valence-corrected chi connectivity index (χ1v) is 7.90. The van der Waals surface area contributed by atoms with Crippen LogP contribution >= 0.6 is 23.2 Å². The number of nitrogens with zero attached hydrogens (tertiary/aromatic N) is 5. The van der Waals surface area contributed by atoms with Gasteiger partial charge in [-0.3, -0.25) is 10.1 Å². The van der Waals surface area contributed by atoms with Crippen molar-refractivity contribution in [2.24, 2.45) is 0 Å². The SMILES string of the molecule is CC(Oc1ccc(Cl)cc1Cl)C(=O)Nc1ncnn1-c1ncccn1. The van der Waals surface area contributed by atoms with Gasteiger partial charge in [-0.1, -0.05) is 23.2 Å². The molecule has 1 amide bonds. The number of anilines is 1. The normalized spacial score (nSPS) is 11.8. The third-order valence-corrected chi connectivity index (χ3v) is 3.62. The van der Waals surface area contributed by atoms with E-state index >= 15 is 0 Å². The first-order valence-electron chi connectivity index (χ1n) is 7.14. The minimum atomic E-state index is -0.833. The van der Waals surface area contributed by atoms with E-state index in [1.165, 1.54) is 17.1 Å². The van der Waals surface area contributed by atoms with E-state index < -0.39 is 12.0 Å². The average Bonchev–Trinajstić information content (AvgIpc) is 3.06. The van der Waals surface area contributed by atoms with Crippen molar-refractivity contribution in [2.45, 2.75) is 13.0 Å². The largest absolute Gasteiger partial charge is 0.479 e. The molecule has 0 bridgehead atoms. The fraction of sp³-hybridized carbons (Fsp3) is 0.133. The number of nitrogens with one attached hydrogen (secondary N) is 1. The molecule has 2 aromatic heterocycles. The van der Waals surface area contributed by atoms with Gasteiger partial charge < -0.3 is 4.74 Å². The molecule has 0 aliphatic rings. The molecule has 1 unspecified atom stereocenters. The zero-order valence-corrected chi connectivity index (χ0v) is 14.4. The highest BCUT2D eigenvalue weighted by molar-refractivity contribution is 6.35. The van der Waals surface area contributed by atoms with Gasteiger partial charge in [-0.15, -0.1) is 0 Å². The van der Waals surface area contributed by atoms with Crippen molar-refractivity contribution in [1.29, 1.82) is 0 Å².